The number of nitrogens with two attached hydrogens (primary N) is 1. The second-order valence-electron chi connectivity index (χ2n) is 5.22. The third kappa shape index (κ3) is 2.67. The van der Waals surface area contributed by atoms with Crippen molar-refractivity contribution in [2.45, 2.75) is 38.1 Å². The van der Waals surface area contributed by atoms with Gasteiger partial charge in [0.1, 0.15) is 5.69 Å². The smallest absolute Gasteiger partial charge is 0.292 e. The van der Waals surface area contributed by atoms with Crippen molar-refractivity contribution in [2.75, 3.05) is 5.73 Å². The van der Waals surface area contributed by atoms with Crippen LogP contribution in [-0.4, -0.2) is 16.4 Å². The van der Waals surface area contributed by atoms with Crippen molar-refractivity contribution in [1.29, 1.82) is 0 Å². The number of benzene rings is 1. The summed E-state index contributed by atoms with van der Waals surface area (Å²) in [7, 11) is 0. The molecule has 0 atom stereocenters. The van der Waals surface area contributed by atoms with Gasteiger partial charge in [0.05, 0.1) is 10.5 Å². The highest BCUT2D eigenvalue weighted by atomic mass is 16.6. The number of amides is 1. The van der Waals surface area contributed by atoms with Crippen molar-refractivity contribution in [3.8, 4) is 0 Å². The average molecular weight is 263 g/mol. The number of carbonyl (C=O) groups excluding carboxylic acids is 1. The van der Waals surface area contributed by atoms with Gasteiger partial charge in [-0.1, -0.05) is 18.9 Å². The molecular formula is C13H17N3O3. The van der Waals surface area contributed by atoms with Crippen LogP contribution in [0.4, 0.5) is 11.4 Å². The quantitative estimate of drug-likeness (QED) is 0.496. The first kappa shape index (κ1) is 13.3. The minimum Gasteiger partial charge on any atom is -0.393 e. The normalized spacial score (nSPS) is 17.1. The van der Waals surface area contributed by atoms with E-state index < -0.39 is 4.92 Å². The Morgan fingerprint density at radius 3 is 2.63 bits per heavy atom. The number of hydrogen-bond donors (Lipinski definition) is 2. The Morgan fingerprint density at radius 1 is 1.42 bits per heavy atom. The molecule has 1 aromatic carbocycles. The van der Waals surface area contributed by atoms with Gasteiger partial charge < -0.3 is 11.1 Å². The molecule has 102 valence electrons. The van der Waals surface area contributed by atoms with E-state index in [1.165, 1.54) is 18.2 Å². The van der Waals surface area contributed by atoms with Crippen molar-refractivity contribution >= 4 is 17.3 Å². The van der Waals surface area contributed by atoms with Gasteiger partial charge in [0.2, 0.25) is 0 Å². The Morgan fingerprint density at radius 2 is 2.05 bits per heavy atom. The van der Waals surface area contributed by atoms with Gasteiger partial charge in [0.25, 0.3) is 11.6 Å². The van der Waals surface area contributed by atoms with Gasteiger partial charge in [-0.15, -0.1) is 0 Å². The maximum absolute atomic E-state index is 12.2. The molecule has 0 unspecified atom stereocenters. The van der Waals surface area contributed by atoms with Gasteiger partial charge >= 0.3 is 0 Å². The average Bonchev–Trinajstić information content (AvgIpc) is 2.75. The van der Waals surface area contributed by atoms with Gasteiger partial charge in [-0.05, 0) is 25.8 Å². The van der Waals surface area contributed by atoms with E-state index in [0.717, 1.165) is 25.7 Å². The maximum atomic E-state index is 12.2. The monoisotopic (exact) mass is 263 g/mol. The molecule has 1 aromatic rings. The minimum absolute atomic E-state index is 0.0772. The zero-order valence-electron chi connectivity index (χ0n) is 10.8. The first-order chi connectivity index (χ1) is 8.93. The second kappa shape index (κ2) is 4.87. The van der Waals surface area contributed by atoms with Gasteiger partial charge in [-0.25, -0.2) is 0 Å². The minimum atomic E-state index is -0.580. The summed E-state index contributed by atoms with van der Waals surface area (Å²) in [6.45, 7) is 1.99. The van der Waals surface area contributed by atoms with E-state index in [1.54, 1.807) is 0 Å². The SMILES string of the molecule is CC1(NC(=O)c2cccc([N+](=O)[O-])c2N)CCCC1. The Kier molecular flexibility index (Phi) is 3.42. The Balaban J connectivity index is 2.24. The van der Waals surface area contributed by atoms with E-state index in [4.69, 9.17) is 5.73 Å². The fraction of sp³-hybridized carbons (Fsp3) is 0.462. The molecule has 1 aliphatic carbocycles. The second-order valence-corrected chi connectivity index (χ2v) is 5.22. The van der Waals surface area contributed by atoms with E-state index in [0.29, 0.717) is 0 Å². The molecule has 0 radical (unpaired) electrons. The van der Waals surface area contributed by atoms with Crippen LogP contribution in [0.25, 0.3) is 0 Å². The van der Waals surface area contributed by atoms with Gasteiger partial charge in [0, 0.05) is 11.6 Å². The molecule has 0 aliphatic heterocycles. The summed E-state index contributed by atoms with van der Waals surface area (Å²) in [5, 5.41) is 13.7. The standard InChI is InChI=1S/C13H17N3O3/c1-13(7-2-3-8-13)15-12(17)9-5-4-6-10(11(9)14)16(18)19/h4-6H,2-3,7-8,14H2,1H3,(H,15,17). The molecule has 6 heteroatoms. The highest BCUT2D eigenvalue weighted by molar-refractivity contribution is 6.01. The van der Waals surface area contributed by atoms with Crippen molar-refractivity contribution in [2.24, 2.45) is 0 Å². The molecule has 1 amide bonds. The highest BCUT2D eigenvalue weighted by Gasteiger charge is 2.31. The molecule has 2 rings (SSSR count). The van der Waals surface area contributed by atoms with Crippen LogP contribution in [0, 0.1) is 10.1 Å². The summed E-state index contributed by atoms with van der Waals surface area (Å²) in [6.07, 6.45) is 4.02. The van der Waals surface area contributed by atoms with Crippen LogP contribution >= 0.6 is 0 Å². The fourth-order valence-corrected chi connectivity index (χ4v) is 2.53. The predicted molar refractivity (Wildman–Crippen MR) is 71.8 cm³/mol. The topological polar surface area (TPSA) is 98.3 Å². The molecular weight excluding hydrogens is 246 g/mol. The van der Waals surface area contributed by atoms with Crippen molar-refractivity contribution < 1.29 is 9.72 Å². The molecule has 1 aliphatic rings. The molecule has 19 heavy (non-hydrogen) atoms. The largest absolute Gasteiger partial charge is 0.393 e. The Bertz CT molecular complexity index is 522. The van der Waals surface area contributed by atoms with Gasteiger partial charge in [0.15, 0.2) is 0 Å². The summed E-state index contributed by atoms with van der Waals surface area (Å²) >= 11 is 0. The Labute approximate surface area is 111 Å². The van der Waals surface area contributed by atoms with E-state index in [9.17, 15) is 14.9 Å². The number of rotatable bonds is 3. The summed E-state index contributed by atoms with van der Waals surface area (Å²) < 4.78 is 0. The number of hydrogen-bond acceptors (Lipinski definition) is 4. The number of nitrogens with one attached hydrogen (secondary N) is 1. The molecule has 0 heterocycles. The number of carbonyl (C=O) groups is 1. The first-order valence-corrected chi connectivity index (χ1v) is 6.28. The summed E-state index contributed by atoms with van der Waals surface area (Å²) in [5.74, 6) is -0.342. The van der Waals surface area contributed by atoms with Gasteiger partial charge in [-0.2, -0.15) is 0 Å². The summed E-state index contributed by atoms with van der Waals surface area (Å²) in [5.41, 5.74) is 5.33. The van der Waals surface area contributed by atoms with Crippen LogP contribution in [0.1, 0.15) is 43.0 Å². The summed E-state index contributed by atoms with van der Waals surface area (Å²) in [6, 6.07) is 4.28. The van der Waals surface area contributed by atoms with E-state index in [1.807, 2.05) is 6.92 Å². The zero-order chi connectivity index (χ0) is 14.0. The van der Waals surface area contributed by atoms with E-state index in [-0.39, 0.29) is 28.4 Å². The third-order valence-electron chi connectivity index (χ3n) is 3.65. The maximum Gasteiger partial charge on any atom is 0.292 e. The first-order valence-electron chi connectivity index (χ1n) is 6.28. The number of anilines is 1. The van der Waals surface area contributed by atoms with Crippen molar-refractivity contribution in [1.82, 2.24) is 5.32 Å². The van der Waals surface area contributed by atoms with Crippen LogP contribution in [0.3, 0.4) is 0 Å². The number of nitrogens with zero attached hydrogens (tertiary/aromatic N) is 1. The Hall–Kier alpha value is -2.11. The van der Waals surface area contributed by atoms with Crippen molar-refractivity contribution in [3.05, 3.63) is 33.9 Å². The molecule has 3 N–H and O–H groups in total. The molecule has 0 aromatic heterocycles. The molecule has 0 spiro atoms. The fourth-order valence-electron chi connectivity index (χ4n) is 2.53. The van der Waals surface area contributed by atoms with E-state index in [2.05, 4.69) is 5.32 Å². The van der Waals surface area contributed by atoms with E-state index >= 15 is 0 Å². The number of para-hydroxylation sites is 1. The summed E-state index contributed by atoms with van der Waals surface area (Å²) in [4.78, 5) is 22.4. The highest BCUT2D eigenvalue weighted by Crippen LogP contribution is 2.30. The molecule has 1 fully saturated rings. The van der Waals surface area contributed by atoms with Crippen LogP contribution in [-0.2, 0) is 0 Å². The van der Waals surface area contributed by atoms with Crippen LogP contribution in [0.2, 0.25) is 0 Å². The molecule has 6 nitrogen and oxygen atoms in total. The number of nitro groups is 1. The molecule has 0 saturated heterocycles. The van der Waals surface area contributed by atoms with Crippen molar-refractivity contribution in [3.63, 3.8) is 0 Å². The zero-order valence-corrected chi connectivity index (χ0v) is 10.8. The lowest BCUT2D eigenvalue weighted by Gasteiger charge is -2.25. The number of nitro benzene ring substituents is 1. The number of nitrogen functional groups attached to an aromatic ring is 1. The predicted octanol–water partition coefficient (Wildman–Crippen LogP) is 2.24. The lowest BCUT2D eigenvalue weighted by atomic mass is 9.99. The van der Waals surface area contributed by atoms with Gasteiger partial charge in [-0.3, -0.25) is 14.9 Å². The molecule has 0 bridgehead atoms. The third-order valence-corrected chi connectivity index (χ3v) is 3.65. The molecule has 1 saturated carbocycles. The lowest BCUT2D eigenvalue weighted by molar-refractivity contribution is -0.383. The van der Waals surface area contributed by atoms with Crippen LogP contribution in [0.15, 0.2) is 18.2 Å². The van der Waals surface area contributed by atoms with Crippen LogP contribution < -0.4 is 11.1 Å². The lowest BCUT2D eigenvalue weighted by Crippen LogP contribution is -2.43. The van der Waals surface area contributed by atoms with Crippen LogP contribution in [0.5, 0.6) is 0 Å².